The molecule has 0 aliphatic heterocycles. The van der Waals surface area contributed by atoms with E-state index in [0.717, 1.165) is 34.2 Å². The molecule has 2 aliphatic rings. The number of hydrogen-bond donors (Lipinski definition) is 1. The molecule has 0 radical (unpaired) electrons. The molecule has 1 N–H and O–H groups in total. The Morgan fingerprint density at radius 2 is 2.00 bits per heavy atom. The van der Waals surface area contributed by atoms with E-state index >= 15 is 0 Å². The van der Waals surface area contributed by atoms with E-state index in [1.165, 1.54) is 38.0 Å². The number of pyridine rings is 1. The maximum Gasteiger partial charge on any atom is 0.337 e. The molecule has 4 unspecified atom stereocenters. The van der Waals surface area contributed by atoms with Crippen LogP contribution in [0.25, 0.3) is 21.9 Å². The van der Waals surface area contributed by atoms with Gasteiger partial charge in [-0.3, -0.25) is 4.98 Å². The number of carbonyl (C=O) groups excluding carboxylic acids is 1. The number of ether oxygens (including phenoxy) is 1. The first kappa shape index (κ1) is 21.3. The zero-order valence-electron chi connectivity index (χ0n) is 19.4. The SMILES string of the molecule is COC(=O)c1ccc2[nH]c([C@H](C)CC3CC4CC3CC4c3ccnc4ccc(F)cc34)nc2c1. The summed E-state index contributed by atoms with van der Waals surface area (Å²) in [6.07, 6.45) is 6.60. The molecular formula is C28H28FN3O2. The number of aromatic nitrogens is 3. The van der Waals surface area contributed by atoms with Crippen molar-refractivity contribution < 1.29 is 13.9 Å². The van der Waals surface area contributed by atoms with E-state index in [1.807, 2.05) is 12.3 Å². The van der Waals surface area contributed by atoms with Crippen molar-refractivity contribution in [2.24, 2.45) is 17.8 Å². The van der Waals surface area contributed by atoms with Crippen LogP contribution in [0, 0.1) is 23.6 Å². The number of hydrogen-bond acceptors (Lipinski definition) is 4. The molecule has 2 saturated carbocycles. The molecule has 0 amide bonds. The number of H-pyrrole nitrogens is 1. The average molecular weight is 458 g/mol. The molecule has 2 fully saturated rings. The first-order chi connectivity index (χ1) is 16.5. The van der Waals surface area contributed by atoms with Crippen LogP contribution in [0.5, 0.6) is 0 Å². The van der Waals surface area contributed by atoms with Crippen LogP contribution >= 0.6 is 0 Å². The highest BCUT2D eigenvalue weighted by Crippen LogP contribution is 2.58. The molecular weight excluding hydrogens is 429 g/mol. The number of benzene rings is 2. The molecule has 34 heavy (non-hydrogen) atoms. The summed E-state index contributed by atoms with van der Waals surface area (Å²) in [7, 11) is 1.39. The lowest BCUT2D eigenvalue weighted by Crippen LogP contribution is -2.19. The van der Waals surface area contributed by atoms with Crippen LogP contribution in [0.1, 0.15) is 66.2 Å². The van der Waals surface area contributed by atoms with Gasteiger partial charge in [0.05, 0.1) is 29.2 Å². The van der Waals surface area contributed by atoms with Crippen LogP contribution in [0.15, 0.2) is 48.7 Å². The van der Waals surface area contributed by atoms with Crippen molar-refractivity contribution >= 4 is 27.9 Å². The molecule has 4 aromatic rings. The van der Waals surface area contributed by atoms with Gasteiger partial charge in [0.1, 0.15) is 11.6 Å². The monoisotopic (exact) mass is 457 g/mol. The van der Waals surface area contributed by atoms with E-state index in [-0.39, 0.29) is 11.8 Å². The Labute approximate surface area is 197 Å². The second kappa shape index (κ2) is 8.19. The van der Waals surface area contributed by atoms with Gasteiger partial charge in [-0.1, -0.05) is 6.92 Å². The number of aromatic amines is 1. The largest absolute Gasteiger partial charge is 0.465 e. The van der Waals surface area contributed by atoms with Crippen LogP contribution in [0.2, 0.25) is 0 Å². The topological polar surface area (TPSA) is 67.9 Å². The number of halogens is 1. The molecule has 2 heterocycles. The van der Waals surface area contributed by atoms with Crippen LogP contribution in [0.3, 0.4) is 0 Å². The Hall–Kier alpha value is -3.28. The predicted molar refractivity (Wildman–Crippen MR) is 129 cm³/mol. The van der Waals surface area contributed by atoms with Gasteiger partial charge in [-0.05, 0) is 97.4 Å². The van der Waals surface area contributed by atoms with Gasteiger partial charge in [0, 0.05) is 17.5 Å². The Morgan fingerprint density at radius 3 is 2.79 bits per heavy atom. The van der Waals surface area contributed by atoms with Crippen LogP contribution in [-0.2, 0) is 4.74 Å². The molecule has 2 aromatic carbocycles. The van der Waals surface area contributed by atoms with Crippen molar-refractivity contribution in [2.75, 3.05) is 7.11 Å². The van der Waals surface area contributed by atoms with Crippen molar-refractivity contribution in [3.63, 3.8) is 0 Å². The zero-order valence-corrected chi connectivity index (χ0v) is 19.4. The highest BCUT2D eigenvalue weighted by atomic mass is 19.1. The first-order valence-electron chi connectivity index (χ1n) is 12.1. The molecule has 6 heteroatoms. The molecule has 2 bridgehead atoms. The quantitative estimate of drug-likeness (QED) is 0.354. The Bertz CT molecular complexity index is 1400. The van der Waals surface area contributed by atoms with Crippen LogP contribution < -0.4 is 0 Å². The summed E-state index contributed by atoms with van der Waals surface area (Å²) in [5, 5.41) is 0.971. The predicted octanol–water partition coefficient (Wildman–Crippen LogP) is 6.36. The van der Waals surface area contributed by atoms with E-state index in [2.05, 4.69) is 23.0 Å². The zero-order chi connectivity index (χ0) is 23.4. The number of nitrogens with zero attached hydrogens (tertiary/aromatic N) is 2. The summed E-state index contributed by atoms with van der Waals surface area (Å²) < 4.78 is 18.8. The van der Waals surface area contributed by atoms with Gasteiger partial charge in [-0.25, -0.2) is 14.2 Å². The standard InChI is InChI=1S/C28H28FN3O2/c1-15(27-31-25-5-3-16(28(33)34-2)13-26(25)32-27)9-17-10-19-11-18(17)12-22(19)21-7-8-30-24-6-4-20(29)14-23(21)24/h3-8,13-15,17-19,22H,9-12H2,1-2H3,(H,31,32)/t15-,17?,18?,19?,22?/m1/s1. The summed E-state index contributed by atoms with van der Waals surface area (Å²) in [6.45, 7) is 2.24. The first-order valence-corrected chi connectivity index (χ1v) is 12.1. The average Bonchev–Trinajstić information content (AvgIpc) is 3.56. The lowest BCUT2D eigenvalue weighted by molar-refractivity contribution is 0.0601. The van der Waals surface area contributed by atoms with E-state index in [4.69, 9.17) is 9.72 Å². The van der Waals surface area contributed by atoms with Gasteiger partial charge < -0.3 is 9.72 Å². The molecule has 2 aliphatic carbocycles. The molecule has 5 nitrogen and oxygen atoms in total. The van der Waals surface area contributed by atoms with E-state index in [1.54, 1.807) is 24.3 Å². The van der Waals surface area contributed by atoms with Crippen LogP contribution in [-0.4, -0.2) is 28.0 Å². The van der Waals surface area contributed by atoms with Crippen molar-refractivity contribution in [1.29, 1.82) is 0 Å². The van der Waals surface area contributed by atoms with Gasteiger partial charge in [-0.15, -0.1) is 0 Å². The van der Waals surface area contributed by atoms with Gasteiger partial charge in [0.25, 0.3) is 0 Å². The minimum Gasteiger partial charge on any atom is -0.465 e. The molecule has 5 atom stereocenters. The maximum absolute atomic E-state index is 14.0. The Balaban J connectivity index is 1.17. The molecule has 0 spiro atoms. The summed E-state index contributed by atoms with van der Waals surface area (Å²) in [6, 6.07) is 12.5. The lowest BCUT2D eigenvalue weighted by atomic mass is 9.75. The number of carbonyl (C=O) groups is 1. The third-order valence-electron chi connectivity index (χ3n) is 8.19. The highest BCUT2D eigenvalue weighted by Gasteiger charge is 2.46. The van der Waals surface area contributed by atoms with E-state index in [0.29, 0.717) is 35.2 Å². The minimum atomic E-state index is -0.347. The number of nitrogens with one attached hydrogen (secondary N) is 1. The summed E-state index contributed by atoms with van der Waals surface area (Å²) in [4.78, 5) is 24.5. The van der Waals surface area contributed by atoms with E-state index in [9.17, 15) is 9.18 Å². The third-order valence-corrected chi connectivity index (χ3v) is 8.19. The van der Waals surface area contributed by atoms with Crippen molar-refractivity contribution in [1.82, 2.24) is 15.0 Å². The van der Waals surface area contributed by atoms with Crippen molar-refractivity contribution in [3.05, 3.63) is 71.4 Å². The number of esters is 1. The second-order valence-corrected chi connectivity index (χ2v) is 10.1. The highest BCUT2D eigenvalue weighted by molar-refractivity contribution is 5.93. The normalized spacial score (nSPS) is 24.7. The van der Waals surface area contributed by atoms with Crippen molar-refractivity contribution in [3.8, 4) is 0 Å². The van der Waals surface area contributed by atoms with E-state index < -0.39 is 0 Å². The molecule has 6 rings (SSSR count). The number of rotatable bonds is 5. The van der Waals surface area contributed by atoms with Gasteiger partial charge in [-0.2, -0.15) is 0 Å². The lowest BCUT2D eigenvalue weighted by Gasteiger charge is -2.30. The fraction of sp³-hybridized carbons (Fsp3) is 0.393. The number of methoxy groups -OCH3 is 1. The number of fused-ring (bicyclic) bond motifs is 4. The smallest absolute Gasteiger partial charge is 0.337 e. The van der Waals surface area contributed by atoms with Crippen molar-refractivity contribution in [2.45, 2.75) is 44.4 Å². The van der Waals surface area contributed by atoms with Gasteiger partial charge >= 0.3 is 5.97 Å². The summed E-state index contributed by atoms with van der Waals surface area (Å²) in [5.41, 5.74) is 4.41. The van der Waals surface area contributed by atoms with Crippen LogP contribution in [0.4, 0.5) is 4.39 Å². The Morgan fingerprint density at radius 1 is 1.12 bits per heavy atom. The molecule has 0 saturated heterocycles. The second-order valence-electron chi connectivity index (χ2n) is 10.1. The summed E-state index contributed by atoms with van der Waals surface area (Å²) in [5.74, 6) is 3.27. The fourth-order valence-electron chi connectivity index (χ4n) is 6.60. The Kier molecular flexibility index (Phi) is 5.12. The molecule has 174 valence electrons. The minimum absolute atomic E-state index is 0.193. The third kappa shape index (κ3) is 3.56. The fourth-order valence-corrected chi connectivity index (χ4v) is 6.60. The van der Waals surface area contributed by atoms with Gasteiger partial charge in [0.15, 0.2) is 0 Å². The molecule has 2 aromatic heterocycles. The van der Waals surface area contributed by atoms with Gasteiger partial charge in [0.2, 0.25) is 0 Å². The maximum atomic E-state index is 14.0. The number of imidazole rings is 1. The summed E-state index contributed by atoms with van der Waals surface area (Å²) >= 11 is 0.